The van der Waals surface area contributed by atoms with Crippen molar-refractivity contribution in [1.29, 1.82) is 0 Å². The molecule has 0 radical (unpaired) electrons. The molecule has 0 saturated heterocycles. The maximum atomic E-state index is 11.7. The molecule has 0 fully saturated rings. The van der Waals surface area contributed by atoms with Crippen molar-refractivity contribution in [3.05, 3.63) is 30.3 Å². The van der Waals surface area contributed by atoms with Gasteiger partial charge in [-0.1, -0.05) is 25.1 Å². The summed E-state index contributed by atoms with van der Waals surface area (Å²) in [6.45, 7) is 8.22. The average Bonchev–Trinajstić information content (AvgIpc) is 2.59. The Hall–Kier alpha value is -0.960. The molecule has 0 aliphatic carbocycles. The lowest BCUT2D eigenvalue weighted by atomic mass is 10.2. The Bertz CT molecular complexity index is 499. The summed E-state index contributed by atoms with van der Waals surface area (Å²) in [5.41, 5.74) is 0. The molecule has 1 amide bonds. The van der Waals surface area contributed by atoms with Gasteiger partial charge in [-0.15, -0.1) is 35.7 Å². The molecule has 25 heavy (non-hydrogen) atoms. The standard InChI is InChI=1S/C18H30N4OS.HI/c1-4-15(3)22-17(23)11-12-20-18(19-5-2)21-13-14-24-16-9-7-6-8-10-16;/h6-10,15H,4-5,11-14H2,1-3H3,(H,22,23)(H2,19,20,21);1H. The molecule has 0 spiro atoms. The van der Waals surface area contributed by atoms with Crippen LogP contribution < -0.4 is 16.0 Å². The first-order chi connectivity index (χ1) is 11.7. The zero-order valence-corrected chi connectivity index (χ0v) is 18.5. The van der Waals surface area contributed by atoms with E-state index >= 15 is 0 Å². The summed E-state index contributed by atoms with van der Waals surface area (Å²) in [5, 5.41) is 9.46. The fraction of sp³-hybridized carbons (Fsp3) is 0.556. The van der Waals surface area contributed by atoms with Crippen LogP contribution in [0.5, 0.6) is 0 Å². The zero-order chi connectivity index (χ0) is 17.6. The van der Waals surface area contributed by atoms with E-state index in [0.717, 1.165) is 31.2 Å². The van der Waals surface area contributed by atoms with Crippen LogP contribution in [0.25, 0.3) is 0 Å². The van der Waals surface area contributed by atoms with Crippen molar-refractivity contribution in [2.24, 2.45) is 4.99 Å². The largest absolute Gasteiger partial charge is 0.357 e. The summed E-state index contributed by atoms with van der Waals surface area (Å²) in [6, 6.07) is 10.6. The summed E-state index contributed by atoms with van der Waals surface area (Å²) in [6.07, 6.45) is 1.36. The highest BCUT2D eigenvalue weighted by atomic mass is 127. The third kappa shape index (κ3) is 12.1. The van der Waals surface area contributed by atoms with Crippen LogP contribution in [-0.2, 0) is 4.79 Å². The Morgan fingerprint density at radius 2 is 1.92 bits per heavy atom. The summed E-state index contributed by atoms with van der Waals surface area (Å²) in [5.74, 6) is 1.79. The number of hydrogen-bond acceptors (Lipinski definition) is 3. The third-order valence-electron chi connectivity index (χ3n) is 3.38. The number of aliphatic imine (C=N–C) groups is 1. The molecule has 5 nitrogen and oxygen atoms in total. The molecule has 142 valence electrons. The molecule has 0 saturated carbocycles. The minimum atomic E-state index is 0. The van der Waals surface area contributed by atoms with E-state index in [4.69, 9.17) is 0 Å². The third-order valence-corrected chi connectivity index (χ3v) is 4.39. The fourth-order valence-corrected chi connectivity index (χ4v) is 2.70. The molecule has 1 atom stereocenters. The topological polar surface area (TPSA) is 65.5 Å². The predicted molar refractivity (Wildman–Crippen MR) is 119 cm³/mol. The van der Waals surface area contributed by atoms with Crippen molar-refractivity contribution in [3.8, 4) is 0 Å². The van der Waals surface area contributed by atoms with E-state index in [0.29, 0.717) is 13.0 Å². The monoisotopic (exact) mass is 478 g/mol. The Balaban J connectivity index is 0.00000576. The first-order valence-corrected chi connectivity index (χ1v) is 9.63. The number of thioether (sulfide) groups is 1. The molecule has 1 rings (SSSR count). The molecule has 0 bridgehead atoms. The van der Waals surface area contributed by atoms with Gasteiger partial charge in [0, 0.05) is 36.2 Å². The van der Waals surface area contributed by atoms with Crippen LogP contribution in [0.1, 0.15) is 33.6 Å². The molecule has 0 aromatic heterocycles. The molecule has 0 heterocycles. The van der Waals surface area contributed by atoms with Crippen molar-refractivity contribution in [1.82, 2.24) is 16.0 Å². The van der Waals surface area contributed by atoms with E-state index < -0.39 is 0 Å². The van der Waals surface area contributed by atoms with Crippen LogP contribution >= 0.6 is 35.7 Å². The fourth-order valence-electron chi connectivity index (χ4n) is 1.92. The van der Waals surface area contributed by atoms with E-state index in [1.54, 1.807) is 0 Å². The number of guanidine groups is 1. The molecule has 0 aliphatic heterocycles. The average molecular weight is 478 g/mol. The summed E-state index contributed by atoms with van der Waals surface area (Å²) >= 11 is 1.81. The molecule has 0 aliphatic rings. The first kappa shape index (κ1) is 24.0. The summed E-state index contributed by atoms with van der Waals surface area (Å²) < 4.78 is 0. The van der Waals surface area contributed by atoms with Gasteiger partial charge in [-0.2, -0.15) is 0 Å². The predicted octanol–water partition coefficient (Wildman–Crippen LogP) is 3.26. The van der Waals surface area contributed by atoms with Gasteiger partial charge in [-0.3, -0.25) is 9.79 Å². The molecule has 1 aromatic carbocycles. The van der Waals surface area contributed by atoms with Gasteiger partial charge in [-0.25, -0.2) is 0 Å². The number of rotatable bonds is 10. The van der Waals surface area contributed by atoms with Crippen molar-refractivity contribution >= 4 is 47.6 Å². The maximum Gasteiger partial charge on any atom is 0.222 e. The van der Waals surface area contributed by atoms with Crippen LogP contribution in [0, 0.1) is 0 Å². The van der Waals surface area contributed by atoms with Crippen molar-refractivity contribution in [2.45, 2.75) is 44.6 Å². The second-order valence-electron chi connectivity index (χ2n) is 5.48. The summed E-state index contributed by atoms with van der Waals surface area (Å²) in [4.78, 5) is 17.5. The van der Waals surface area contributed by atoms with Crippen molar-refractivity contribution < 1.29 is 4.79 Å². The van der Waals surface area contributed by atoms with Gasteiger partial charge in [0.25, 0.3) is 0 Å². The van der Waals surface area contributed by atoms with Crippen LogP contribution in [-0.4, -0.2) is 43.3 Å². The van der Waals surface area contributed by atoms with Crippen LogP contribution in [0.3, 0.4) is 0 Å². The minimum Gasteiger partial charge on any atom is -0.357 e. The maximum absolute atomic E-state index is 11.7. The van der Waals surface area contributed by atoms with Gasteiger partial charge in [0.1, 0.15) is 0 Å². The SMILES string of the molecule is CCNC(=NCCC(=O)NC(C)CC)NCCSc1ccccc1.I. The number of halogens is 1. The molecule has 3 N–H and O–H groups in total. The zero-order valence-electron chi connectivity index (χ0n) is 15.4. The quantitative estimate of drug-likeness (QED) is 0.159. The lowest BCUT2D eigenvalue weighted by molar-refractivity contribution is -0.121. The van der Waals surface area contributed by atoms with Crippen LogP contribution in [0.15, 0.2) is 40.2 Å². The highest BCUT2D eigenvalue weighted by Gasteiger charge is 2.05. The number of benzene rings is 1. The number of carbonyl (C=O) groups is 1. The lowest BCUT2D eigenvalue weighted by Crippen LogP contribution is -2.39. The summed E-state index contributed by atoms with van der Waals surface area (Å²) in [7, 11) is 0. The Morgan fingerprint density at radius 3 is 2.56 bits per heavy atom. The normalized spacial score (nSPS) is 12.0. The van der Waals surface area contributed by atoms with Crippen LogP contribution in [0.2, 0.25) is 0 Å². The minimum absolute atomic E-state index is 0. The Kier molecular flexibility index (Phi) is 14.7. The van der Waals surface area contributed by atoms with E-state index in [2.05, 4.69) is 40.0 Å². The van der Waals surface area contributed by atoms with Gasteiger partial charge in [-0.05, 0) is 32.4 Å². The Morgan fingerprint density at radius 1 is 1.20 bits per heavy atom. The lowest BCUT2D eigenvalue weighted by Gasteiger charge is -2.12. The van der Waals surface area contributed by atoms with Crippen molar-refractivity contribution in [3.63, 3.8) is 0 Å². The van der Waals surface area contributed by atoms with Gasteiger partial charge >= 0.3 is 0 Å². The molecule has 7 heteroatoms. The van der Waals surface area contributed by atoms with Crippen LogP contribution in [0.4, 0.5) is 0 Å². The molecule has 1 unspecified atom stereocenters. The molecular formula is C18H31IN4OS. The smallest absolute Gasteiger partial charge is 0.222 e. The number of amides is 1. The molecule has 1 aromatic rings. The van der Waals surface area contributed by atoms with Gasteiger partial charge < -0.3 is 16.0 Å². The second-order valence-corrected chi connectivity index (χ2v) is 6.64. The Labute approximate surface area is 173 Å². The van der Waals surface area contributed by atoms with E-state index in [1.807, 2.05) is 43.8 Å². The number of carbonyl (C=O) groups excluding carboxylic acids is 1. The highest BCUT2D eigenvalue weighted by Crippen LogP contribution is 2.15. The molecular weight excluding hydrogens is 447 g/mol. The van der Waals surface area contributed by atoms with Gasteiger partial charge in [0.2, 0.25) is 5.91 Å². The van der Waals surface area contributed by atoms with E-state index in [-0.39, 0.29) is 35.9 Å². The van der Waals surface area contributed by atoms with Gasteiger partial charge in [0.15, 0.2) is 5.96 Å². The first-order valence-electron chi connectivity index (χ1n) is 8.65. The number of hydrogen-bond donors (Lipinski definition) is 3. The second kappa shape index (κ2) is 15.3. The van der Waals surface area contributed by atoms with Gasteiger partial charge in [0.05, 0.1) is 6.54 Å². The number of nitrogens with zero attached hydrogens (tertiary/aromatic N) is 1. The van der Waals surface area contributed by atoms with E-state index in [1.165, 1.54) is 4.90 Å². The number of nitrogens with one attached hydrogen (secondary N) is 3. The van der Waals surface area contributed by atoms with Crippen molar-refractivity contribution in [2.75, 3.05) is 25.4 Å². The highest BCUT2D eigenvalue weighted by molar-refractivity contribution is 14.0. The van der Waals surface area contributed by atoms with E-state index in [9.17, 15) is 4.79 Å².